The van der Waals surface area contributed by atoms with Crippen molar-refractivity contribution in [2.75, 3.05) is 33.2 Å². The van der Waals surface area contributed by atoms with E-state index in [2.05, 4.69) is 16.8 Å². The number of aliphatic hydroxyl groups excluding tert-OH is 1. The Morgan fingerprint density at radius 1 is 1.17 bits per heavy atom. The van der Waals surface area contributed by atoms with Gasteiger partial charge in [-0.1, -0.05) is 0 Å². The lowest BCUT2D eigenvalue weighted by Crippen LogP contribution is -2.35. The van der Waals surface area contributed by atoms with Crippen LogP contribution in [0.2, 0.25) is 0 Å². The predicted molar refractivity (Wildman–Crippen MR) is 48.1 cm³/mol. The molecule has 2 atom stereocenters. The van der Waals surface area contributed by atoms with Crippen molar-refractivity contribution >= 4 is 0 Å². The van der Waals surface area contributed by atoms with Crippen molar-refractivity contribution in [3.63, 3.8) is 0 Å². The van der Waals surface area contributed by atoms with Gasteiger partial charge in [-0.3, -0.25) is 4.90 Å². The molecular weight excluding hydrogens is 152 g/mol. The predicted octanol–water partition coefficient (Wildman–Crippen LogP) is -0.243. The van der Waals surface area contributed by atoms with Crippen LogP contribution in [0.15, 0.2) is 0 Å². The Labute approximate surface area is 74.0 Å². The van der Waals surface area contributed by atoms with Crippen molar-refractivity contribution < 1.29 is 5.11 Å². The van der Waals surface area contributed by atoms with E-state index in [0.717, 1.165) is 19.5 Å². The lowest BCUT2D eigenvalue weighted by atomic mass is 10.2. The quantitative estimate of drug-likeness (QED) is 0.588. The molecule has 2 saturated heterocycles. The van der Waals surface area contributed by atoms with Gasteiger partial charge >= 0.3 is 0 Å². The Kier molecular flexibility index (Phi) is 2.35. The van der Waals surface area contributed by atoms with Crippen LogP contribution < -0.4 is 0 Å². The zero-order valence-electron chi connectivity index (χ0n) is 7.74. The second kappa shape index (κ2) is 3.32. The first kappa shape index (κ1) is 8.48. The van der Waals surface area contributed by atoms with Crippen LogP contribution in [0.1, 0.15) is 12.8 Å². The normalized spacial score (nSPS) is 39.5. The van der Waals surface area contributed by atoms with Gasteiger partial charge in [-0.2, -0.15) is 0 Å². The molecule has 0 amide bonds. The molecule has 2 heterocycles. The van der Waals surface area contributed by atoms with Crippen LogP contribution in [-0.2, 0) is 0 Å². The van der Waals surface area contributed by atoms with Gasteiger partial charge in [0.25, 0.3) is 0 Å². The third kappa shape index (κ3) is 1.63. The molecule has 2 rings (SSSR count). The fraction of sp³-hybridized carbons (Fsp3) is 1.00. The second-order valence-corrected chi connectivity index (χ2v) is 4.14. The minimum atomic E-state index is -0.0593. The number of hydrogen-bond acceptors (Lipinski definition) is 3. The second-order valence-electron chi connectivity index (χ2n) is 4.14. The summed E-state index contributed by atoms with van der Waals surface area (Å²) in [7, 11) is 2.17. The highest BCUT2D eigenvalue weighted by molar-refractivity contribution is 4.86. The molecule has 1 unspecified atom stereocenters. The average molecular weight is 170 g/mol. The molecule has 70 valence electrons. The Morgan fingerprint density at radius 3 is 2.50 bits per heavy atom. The maximum Gasteiger partial charge on any atom is 0.0679 e. The number of rotatable bonds is 1. The molecule has 0 aliphatic carbocycles. The summed E-state index contributed by atoms with van der Waals surface area (Å²) < 4.78 is 0. The van der Waals surface area contributed by atoms with E-state index in [1.54, 1.807) is 0 Å². The van der Waals surface area contributed by atoms with Crippen LogP contribution in [0.25, 0.3) is 0 Å². The lowest BCUT2D eigenvalue weighted by molar-refractivity contribution is 0.160. The van der Waals surface area contributed by atoms with E-state index in [1.807, 2.05) is 0 Å². The molecular formula is C9H18N2O. The number of likely N-dealkylation sites (tertiary alicyclic amines) is 2. The molecule has 2 fully saturated rings. The fourth-order valence-corrected chi connectivity index (χ4v) is 2.31. The van der Waals surface area contributed by atoms with Gasteiger partial charge in [-0.05, 0) is 26.4 Å². The minimum Gasteiger partial charge on any atom is -0.392 e. The smallest absolute Gasteiger partial charge is 0.0679 e. The Morgan fingerprint density at radius 2 is 2.00 bits per heavy atom. The van der Waals surface area contributed by atoms with Gasteiger partial charge in [-0.15, -0.1) is 0 Å². The molecule has 0 aromatic heterocycles. The molecule has 0 saturated carbocycles. The molecule has 0 radical (unpaired) electrons. The number of nitrogens with zero attached hydrogens (tertiary/aromatic N) is 2. The molecule has 0 spiro atoms. The van der Waals surface area contributed by atoms with Gasteiger partial charge in [-0.25, -0.2) is 0 Å². The molecule has 3 nitrogen and oxygen atoms in total. The highest BCUT2D eigenvalue weighted by Crippen LogP contribution is 2.19. The number of hydrogen-bond donors (Lipinski definition) is 1. The number of aliphatic hydroxyl groups is 1. The zero-order valence-corrected chi connectivity index (χ0v) is 7.74. The summed E-state index contributed by atoms with van der Waals surface area (Å²) in [5.41, 5.74) is 0. The van der Waals surface area contributed by atoms with E-state index in [1.165, 1.54) is 19.5 Å². The SMILES string of the molecule is CN1CCC(N2CC[C@@H](O)C2)C1. The monoisotopic (exact) mass is 170 g/mol. The van der Waals surface area contributed by atoms with E-state index in [9.17, 15) is 5.11 Å². The van der Waals surface area contributed by atoms with Crippen LogP contribution in [0.3, 0.4) is 0 Å². The standard InChI is InChI=1S/C9H18N2O/c1-10-4-2-8(6-10)11-5-3-9(12)7-11/h8-9,12H,2-7H2,1H3/t8?,9-/m1/s1. The van der Waals surface area contributed by atoms with Crippen LogP contribution >= 0.6 is 0 Å². The first-order valence-electron chi connectivity index (χ1n) is 4.86. The highest BCUT2D eigenvalue weighted by Gasteiger charge is 2.30. The third-order valence-corrected chi connectivity index (χ3v) is 3.08. The van der Waals surface area contributed by atoms with Crippen molar-refractivity contribution in [1.29, 1.82) is 0 Å². The lowest BCUT2D eigenvalue weighted by Gasteiger charge is -2.22. The van der Waals surface area contributed by atoms with Gasteiger partial charge < -0.3 is 10.0 Å². The summed E-state index contributed by atoms with van der Waals surface area (Å²) in [6.45, 7) is 4.40. The van der Waals surface area contributed by atoms with Crippen molar-refractivity contribution in [2.45, 2.75) is 25.0 Å². The van der Waals surface area contributed by atoms with E-state index >= 15 is 0 Å². The van der Waals surface area contributed by atoms with Crippen LogP contribution in [0.4, 0.5) is 0 Å². The van der Waals surface area contributed by atoms with Gasteiger partial charge in [0.15, 0.2) is 0 Å². The van der Waals surface area contributed by atoms with Gasteiger partial charge in [0, 0.05) is 25.7 Å². The Hall–Kier alpha value is -0.120. The van der Waals surface area contributed by atoms with Crippen LogP contribution in [0.5, 0.6) is 0 Å². The van der Waals surface area contributed by atoms with Crippen molar-refractivity contribution in [3.8, 4) is 0 Å². The maximum absolute atomic E-state index is 9.37. The zero-order chi connectivity index (χ0) is 8.55. The minimum absolute atomic E-state index is 0.0593. The number of β-amino-alcohol motifs (C(OH)–C–C–N with tert-alkyl or cyclic N) is 1. The molecule has 12 heavy (non-hydrogen) atoms. The van der Waals surface area contributed by atoms with E-state index in [4.69, 9.17) is 0 Å². The molecule has 0 aromatic carbocycles. The third-order valence-electron chi connectivity index (χ3n) is 3.08. The van der Waals surface area contributed by atoms with E-state index < -0.39 is 0 Å². The van der Waals surface area contributed by atoms with Crippen LogP contribution in [0, 0.1) is 0 Å². The average Bonchev–Trinajstić information content (AvgIpc) is 2.58. The van der Waals surface area contributed by atoms with Crippen molar-refractivity contribution in [1.82, 2.24) is 9.80 Å². The molecule has 1 N–H and O–H groups in total. The molecule has 2 aliphatic rings. The summed E-state index contributed by atoms with van der Waals surface area (Å²) in [5.74, 6) is 0. The first-order valence-corrected chi connectivity index (χ1v) is 4.86. The van der Waals surface area contributed by atoms with Crippen LogP contribution in [-0.4, -0.2) is 60.3 Å². The van der Waals surface area contributed by atoms with Crippen molar-refractivity contribution in [2.24, 2.45) is 0 Å². The van der Waals surface area contributed by atoms with Gasteiger partial charge in [0.05, 0.1) is 6.10 Å². The fourth-order valence-electron chi connectivity index (χ4n) is 2.31. The summed E-state index contributed by atoms with van der Waals surface area (Å²) in [6.07, 6.45) is 2.19. The molecule has 3 heteroatoms. The van der Waals surface area contributed by atoms with Gasteiger partial charge in [0.2, 0.25) is 0 Å². The van der Waals surface area contributed by atoms with Gasteiger partial charge in [0.1, 0.15) is 0 Å². The Bertz CT molecular complexity index is 145. The molecule has 0 bridgehead atoms. The van der Waals surface area contributed by atoms with E-state index in [0.29, 0.717) is 6.04 Å². The summed E-state index contributed by atoms with van der Waals surface area (Å²) in [6, 6.07) is 0.715. The first-order chi connectivity index (χ1) is 5.75. The molecule has 0 aromatic rings. The summed E-state index contributed by atoms with van der Waals surface area (Å²) >= 11 is 0. The summed E-state index contributed by atoms with van der Waals surface area (Å²) in [4.78, 5) is 4.81. The highest BCUT2D eigenvalue weighted by atomic mass is 16.3. The van der Waals surface area contributed by atoms with E-state index in [-0.39, 0.29) is 6.10 Å². The largest absolute Gasteiger partial charge is 0.392 e. The Balaban J connectivity index is 1.85. The summed E-state index contributed by atoms with van der Waals surface area (Å²) in [5, 5.41) is 9.37. The molecule has 2 aliphatic heterocycles. The van der Waals surface area contributed by atoms with Crippen molar-refractivity contribution in [3.05, 3.63) is 0 Å². The number of likely N-dealkylation sites (N-methyl/N-ethyl adjacent to an activating group) is 1. The topological polar surface area (TPSA) is 26.7 Å². The maximum atomic E-state index is 9.37.